The van der Waals surface area contributed by atoms with Crippen LogP contribution in [0.15, 0.2) is 27.6 Å². The molecule has 1 N–H and O–H groups in total. The molecule has 0 saturated carbocycles. The fraction of sp³-hybridized carbons (Fsp3) is 0.462. The molecule has 1 rings (SSSR count). The van der Waals surface area contributed by atoms with Gasteiger partial charge in [0.15, 0.2) is 0 Å². The van der Waals surface area contributed by atoms with Crippen LogP contribution >= 0.6 is 15.9 Å². The monoisotopic (exact) mass is 363 g/mol. The zero-order valence-corrected chi connectivity index (χ0v) is 14.0. The minimum atomic E-state index is -3.82. The van der Waals surface area contributed by atoms with Crippen molar-refractivity contribution >= 4 is 31.9 Å². The molecule has 0 radical (unpaired) electrons. The molecule has 0 aliphatic heterocycles. The summed E-state index contributed by atoms with van der Waals surface area (Å²) in [6.45, 7) is 5.01. The number of aliphatic carboxylic acids is 1. The quantitative estimate of drug-likeness (QED) is 0.842. The summed E-state index contributed by atoms with van der Waals surface area (Å²) in [6, 6.07) is 4.93. The van der Waals surface area contributed by atoms with Crippen molar-refractivity contribution in [1.29, 1.82) is 0 Å². The van der Waals surface area contributed by atoms with Crippen molar-refractivity contribution < 1.29 is 18.3 Å². The standard InChI is InChI=1S/C13H18BrNO4S/c1-9(2)7-15(8-13(16)17)20(18,19)12-6-11(14)5-4-10(12)3/h4-6,9H,7-8H2,1-3H3,(H,16,17). The molecule has 0 fully saturated rings. The summed E-state index contributed by atoms with van der Waals surface area (Å²) in [5.41, 5.74) is 0.590. The van der Waals surface area contributed by atoms with Crippen LogP contribution in [0.4, 0.5) is 0 Å². The van der Waals surface area contributed by atoms with Crippen LogP contribution in [0.3, 0.4) is 0 Å². The van der Waals surface area contributed by atoms with Gasteiger partial charge in [-0.15, -0.1) is 0 Å². The highest BCUT2D eigenvalue weighted by Gasteiger charge is 2.28. The van der Waals surface area contributed by atoms with Gasteiger partial charge in [0.2, 0.25) is 10.0 Å². The lowest BCUT2D eigenvalue weighted by Gasteiger charge is -2.23. The van der Waals surface area contributed by atoms with Gasteiger partial charge < -0.3 is 5.11 Å². The first kappa shape index (κ1) is 17.1. The lowest BCUT2D eigenvalue weighted by atomic mass is 10.2. The van der Waals surface area contributed by atoms with Gasteiger partial charge >= 0.3 is 5.97 Å². The van der Waals surface area contributed by atoms with Crippen molar-refractivity contribution in [2.75, 3.05) is 13.1 Å². The Morgan fingerprint density at radius 3 is 2.50 bits per heavy atom. The van der Waals surface area contributed by atoms with Crippen molar-refractivity contribution in [2.24, 2.45) is 5.92 Å². The highest BCUT2D eigenvalue weighted by atomic mass is 79.9. The molecule has 0 spiro atoms. The van der Waals surface area contributed by atoms with E-state index in [1.54, 1.807) is 19.1 Å². The number of hydrogen-bond acceptors (Lipinski definition) is 3. The zero-order valence-electron chi connectivity index (χ0n) is 11.6. The average Bonchev–Trinajstić information content (AvgIpc) is 2.30. The Morgan fingerprint density at radius 1 is 1.40 bits per heavy atom. The third kappa shape index (κ3) is 4.29. The van der Waals surface area contributed by atoms with E-state index in [1.807, 2.05) is 13.8 Å². The average molecular weight is 364 g/mol. The van der Waals surface area contributed by atoms with E-state index in [1.165, 1.54) is 6.07 Å². The van der Waals surface area contributed by atoms with Crippen molar-refractivity contribution in [3.05, 3.63) is 28.2 Å². The topological polar surface area (TPSA) is 74.7 Å². The number of sulfonamides is 1. The maximum absolute atomic E-state index is 12.6. The number of carbonyl (C=O) groups is 1. The number of benzene rings is 1. The largest absolute Gasteiger partial charge is 0.480 e. The second-order valence-corrected chi connectivity index (χ2v) is 7.82. The van der Waals surface area contributed by atoms with E-state index in [0.717, 1.165) is 4.31 Å². The molecule has 0 amide bonds. The number of halogens is 1. The molecule has 0 aliphatic carbocycles. The molecule has 0 heterocycles. The maximum Gasteiger partial charge on any atom is 0.318 e. The number of nitrogens with zero attached hydrogens (tertiary/aromatic N) is 1. The number of carboxylic acid groups (broad SMARTS) is 1. The van der Waals surface area contributed by atoms with Crippen molar-refractivity contribution in [1.82, 2.24) is 4.31 Å². The minimum Gasteiger partial charge on any atom is -0.480 e. The van der Waals surface area contributed by atoms with Crippen LogP contribution in [0.25, 0.3) is 0 Å². The normalized spacial score (nSPS) is 12.1. The van der Waals surface area contributed by atoms with Crippen LogP contribution < -0.4 is 0 Å². The molecule has 7 heteroatoms. The Kier molecular flexibility index (Phi) is 5.73. The van der Waals surface area contributed by atoms with Gasteiger partial charge in [-0.05, 0) is 30.5 Å². The van der Waals surface area contributed by atoms with E-state index in [4.69, 9.17) is 5.11 Å². The SMILES string of the molecule is Cc1ccc(Br)cc1S(=O)(=O)N(CC(=O)O)CC(C)C. The summed E-state index contributed by atoms with van der Waals surface area (Å²) in [6.07, 6.45) is 0. The Bertz CT molecular complexity index is 598. The molecule has 0 aromatic heterocycles. The smallest absolute Gasteiger partial charge is 0.318 e. The second kappa shape index (κ2) is 6.69. The maximum atomic E-state index is 12.6. The van der Waals surface area contributed by atoms with Gasteiger partial charge in [0.05, 0.1) is 4.90 Å². The Balaban J connectivity index is 3.28. The molecule has 0 bridgehead atoms. The summed E-state index contributed by atoms with van der Waals surface area (Å²) in [7, 11) is -3.82. The fourth-order valence-corrected chi connectivity index (χ4v) is 4.11. The summed E-state index contributed by atoms with van der Waals surface area (Å²) in [5, 5.41) is 8.92. The second-order valence-electron chi connectivity index (χ2n) is 4.99. The number of carboxylic acids is 1. The minimum absolute atomic E-state index is 0.0385. The first-order valence-corrected chi connectivity index (χ1v) is 8.36. The lowest BCUT2D eigenvalue weighted by Crippen LogP contribution is -2.38. The van der Waals surface area contributed by atoms with E-state index >= 15 is 0 Å². The Morgan fingerprint density at radius 2 is 2.00 bits per heavy atom. The molecular formula is C13H18BrNO4S. The molecule has 5 nitrogen and oxygen atoms in total. The van der Waals surface area contributed by atoms with Crippen LogP contribution in [0.1, 0.15) is 19.4 Å². The molecule has 1 aromatic rings. The summed E-state index contributed by atoms with van der Waals surface area (Å²) >= 11 is 3.24. The first-order chi connectivity index (χ1) is 9.14. The van der Waals surface area contributed by atoms with E-state index in [9.17, 15) is 13.2 Å². The third-order valence-corrected chi connectivity index (χ3v) is 5.10. The van der Waals surface area contributed by atoms with Crippen LogP contribution in [0.5, 0.6) is 0 Å². The summed E-state index contributed by atoms with van der Waals surface area (Å²) in [4.78, 5) is 11.0. The van der Waals surface area contributed by atoms with Gasteiger partial charge in [-0.2, -0.15) is 4.31 Å². The highest BCUT2D eigenvalue weighted by Crippen LogP contribution is 2.24. The van der Waals surface area contributed by atoms with Gasteiger partial charge in [-0.1, -0.05) is 35.8 Å². The van der Waals surface area contributed by atoms with E-state index in [-0.39, 0.29) is 17.4 Å². The molecule has 0 aliphatic rings. The summed E-state index contributed by atoms with van der Waals surface area (Å²) in [5.74, 6) is -1.13. The molecule has 0 saturated heterocycles. The van der Waals surface area contributed by atoms with E-state index < -0.39 is 22.5 Å². The van der Waals surface area contributed by atoms with Crippen molar-refractivity contribution in [3.8, 4) is 0 Å². The fourth-order valence-electron chi connectivity index (χ4n) is 1.80. The number of aryl methyl sites for hydroxylation is 1. The van der Waals surface area contributed by atoms with Crippen LogP contribution in [0.2, 0.25) is 0 Å². The lowest BCUT2D eigenvalue weighted by molar-refractivity contribution is -0.137. The van der Waals surface area contributed by atoms with E-state index in [2.05, 4.69) is 15.9 Å². The van der Waals surface area contributed by atoms with Gasteiger partial charge in [0.1, 0.15) is 6.54 Å². The summed E-state index contributed by atoms with van der Waals surface area (Å²) < 4.78 is 26.9. The molecule has 0 atom stereocenters. The van der Waals surface area contributed by atoms with Crippen molar-refractivity contribution in [2.45, 2.75) is 25.7 Å². The van der Waals surface area contributed by atoms with Crippen LogP contribution in [-0.2, 0) is 14.8 Å². The highest BCUT2D eigenvalue weighted by molar-refractivity contribution is 9.10. The van der Waals surface area contributed by atoms with Gasteiger partial charge in [-0.25, -0.2) is 8.42 Å². The predicted molar refractivity (Wildman–Crippen MR) is 80.1 cm³/mol. The zero-order chi connectivity index (χ0) is 15.5. The van der Waals surface area contributed by atoms with Gasteiger partial charge in [-0.3, -0.25) is 4.79 Å². The van der Waals surface area contributed by atoms with E-state index in [0.29, 0.717) is 10.0 Å². The number of rotatable bonds is 6. The number of hydrogen-bond donors (Lipinski definition) is 1. The molecule has 20 heavy (non-hydrogen) atoms. The third-order valence-electron chi connectivity index (χ3n) is 2.65. The van der Waals surface area contributed by atoms with Crippen molar-refractivity contribution in [3.63, 3.8) is 0 Å². The predicted octanol–water partition coefficient (Wildman–Crippen LogP) is 2.49. The molecule has 1 aromatic carbocycles. The Hall–Kier alpha value is -0.920. The van der Waals surface area contributed by atoms with Gasteiger partial charge in [0.25, 0.3) is 0 Å². The Labute approximate surface area is 127 Å². The van der Waals surface area contributed by atoms with Crippen LogP contribution in [0, 0.1) is 12.8 Å². The van der Waals surface area contributed by atoms with Gasteiger partial charge in [0, 0.05) is 11.0 Å². The first-order valence-electron chi connectivity index (χ1n) is 6.12. The van der Waals surface area contributed by atoms with Crippen LogP contribution in [-0.4, -0.2) is 36.9 Å². The molecule has 0 unspecified atom stereocenters. The molecule has 112 valence electrons. The molecular weight excluding hydrogens is 346 g/mol.